The van der Waals surface area contributed by atoms with Crippen LogP contribution < -0.4 is 10.3 Å². The lowest BCUT2D eigenvalue weighted by molar-refractivity contribution is 0.645. The van der Waals surface area contributed by atoms with E-state index in [-0.39, 0.29) is 11.6 Å². The van der Waals surface area contributed by atoms with Gasteiger partial charge in [-0.05, 0) is 27.9 Å². The monoisotopic (exact) mass is 277 g/mol. The average Bonchev–Trinajstić information content (AvgIpc) is 2.15. The highest BCUT2D eigenvalue weighted by Crippen LogP contribution is 2.23. The first kappa shape index (κ1) is 11.8. The number of nitrogens with zero attached hydrogens (tertiary/aromatic N) is 1. The highest BCUT2D eigenvalue weighted by molar-refractivity contribution is 9.10. The molecule has 0 fully saturated rings. The van der Waals surface area contributed by atoms with Gasteiger partial charge < -0.3 is 4.57 Å². The maximum Gasteiger partial charge on any atom is 0.250 e. The summed E-state index contributed by atoms with van der Waals surface area (Å²) >= 11 is 6.70. The van der Waals surface area contributed by atoms with Gasteiger partial charge in [0, 0.05) is 36.6 Å². The van der Waals surface area contributed by atoms with Crippen molar-refractivity contribution >= 4 is 28.7 Å². The molecule has 1 aromatic rings. The molecule has 1 N–H and O–H groups in total. The molecular formula is C9H14BrN2OS+. The van der Waals surface area contributed by atoms with Crippen LogP contribution in [0.15, 0.2) is 21.5 Å². The number of aryl methyl sites for hydroxylation is 1. The van der Waals surface area contributed by atoms with Crippen molar-refractivity contribution in [3.05, 3.63) is 32.7 Å². The second-order valence-electron chi connectivity index (χ2n) is 3.13. The van der Waals surface area contributed by atoms with Crippen LogP contribution in [0.3, 0.4) is 0 Å². The van der Waals surface area contributed by atoms with Crippen molar-refractivity contribution in [2.24, 2.45) is 7.05 Å². The van der Waals surface area contributed by atoms with Gasteiger partial charge in [-0.25, -0.2) is 0 Å². The summed E-state index contributed by atoms with van der Waals surface area (Å²) in [5.74, 6) is 0. The fourth-order valence-corrected chi connectivity index (χ4v) is 2.34. The van der Waals surface area contributed by atoms with Crippen LogP contribution in [0.25, 0.3) is 0 Å². The van der Waals surface area contributed by atoms with Gasteiger partial charge in [0.2, 0.25) is 0 Å². The number of hydrogen-bond donors (Lipinski definition) is 1. The van der Waals surface area contributed by atoms with E-state index in [4.69, 9.17) is 0 Å². The standard InChI is InChI=1S/C9H13BrN2OS/c1-3-8(11-14)6-4-9(13)12(2)5-7(6)10/h4-5,8,11,14H,3H2,1-2H3/p+1. The Morgan fingerprint density at radius 2 is 2.36 bits per heavy atom. The van der Waals surface area contributed by atoms with Crippen molar-refractivity contribution in [1.29, 1.82) is 0 Å². The molecule has 0 bridgehead atoms. The molecule has 78 valence electrons. The molecule has 0 radical (unpaired) electrons. The summed E-state index contributed by atoms with van der Waals surface area (Å²) in [5.41, 5.74) is 0.981. The molecule has 0 saturated heterocycles. The van der Waals surface area contributed by atoms with Crippen molar-refractivity contribution in [2.45, 2.75) is 19.4 Å². The first-order valence-corrected chi connectivity index (χ1v) is 5.67. The Bertz CT molecular complexity index is 374. The quantitative estimate of drug-likeness (QED) is 0.841. The van der Waals surface area contributed by atoms with Crippen molar-refractivity contribution in [3.8, 4) is 0 Å². The molecule has 0 aliphatic heterocycles. The maximum absolute atomic E-state index is 11.4. The second kappa shape index (κ2) is 5.00. The number of hydrogen-bond acceptors (Lipinski definition) is 2. The van der Waals surface area contributed by atoms with Crippen LogP contribution in [0.1, 0.15) is 24.9 Å². The smallest absolute Gasteiger partial charge is 0.250 e. The average molecular weight is 278 g/mol. The fourth-order valence-electron chi connectivity index (χ4n) is 1.28. The van der Waals surface area contributed by atoms with Crippen LogP contribution >= 0.6 is 15.9 Å². The van der Waals surface area contributed by atoms with Crippen LogP contribution in [0.4, 0.5) is 0 Å². The predicted molar refractivity (Wildman–Crippen MR) is 65.7 cm³/mol. The molecule has 0 saturated carbocycles. The van der Waals surface area contributed by atoms with E-state index in [9.17, 15) is 4.79 Å². The number of halogens is 1. The second-order valence-corrected chi connectivity index (χ2v) is 4.27. The van der Waals surface area contributed by atoms with Gasteiger partial charge in [0.15, 0.2) is 0 Å². The van der Waals surface area contributed by atoms with Gasteiger partial charge in [-0.1, -0.05) is 6.92 Å². The van der Waals surface area contributed by atoms with Crippen molar-refractivity contribution in [2.75, 3.05) is 0 Å². The van der Waals surface area contributed by atoms with Gasteiger partial charge in [0.05, 0.1) is 6.04 Å². The minimum Gasteiger partial charge on any atom is -0.317 e. The van der Waals surface area contributed by atoms with Gasteiger partial charge in [0.1, 0.15) is 0 Å². The van der Waals surface area contributed by atoms with Crippen molar-refractivity contribution in [1.82, 2.24) is 9.29 Å². The Morgan fingerprint density at radius 3 is 2.86 bits per heavy atom. The first-order chi connectivity index (χ1) is 6.60. The SMILES string of the molecule is CCC(N[SH2+])c1cc(=O)n(C)cc1Br. The van der Waals surface area contributed by atoms with Crippen LogP contribution in [0.2, 0.25) is 0 Å². The van der Waals surface area contributed by atoms with E-state index in [0.29, 0.717) is 0 Å². The normalized spacial score (nSPS) is 12.9. The number of aromatic nitrogens is 1. The van der Waals surface area contributed by atoms with E-state index in [1.54, 1.807) is 23.9 Å². The van der Waals surface area contributed by atoms with Crippen LogP contribution in [-0.4, -0.2) is 4.57 Å². The molecular weight excluding hydrogens is 264 g/mol. The minimum absolute atomic E-state index is 0.00330. The summed E-state index contributed by atoms with van der Waals surface area (Å²) < 4.78 is 5.47. The fraction of sp³-hybridized carbons (Fsp3) is 0.444. The van der Waals surface area contributed by atoms with Crippen molar-refractivity contribution < 1.29 is 0 Å². The molecule has 1 atom stereocenters. The molecule has 0 aromatic carbocycles. The lowest BCUT2D eigenvalue weighted by Gasteiger charge is -2.12. The number of rotatable bonds is 3. The van der Waals surface area contributed by atoms with Gasteiger partial charge in [-0.2, -0.15) is 0 Å². The van der Waals surface area contributed by atoms with E-state index in [1.807, 2.05) is 0 Å². The molecule has 1 heterocycles. The topological polar surface area (TPSA) is 34.0 Å². The van der Waals surface area contributed by atoms with Gasteiger partial charge in [-0.15, -0.1) is 4.72 Å². The van der Waals surface area contributed by atoms with Crippen LogP contribution in [0.5, 0.6) is 0 Å². The summed E-state index contributed by atoms with van der Waals surface area (Å²) in [7, 11) is 1.74. The maximum atomic E-state index is 11.4. The third kappa shape index (κ3) is 2.40. The molecule has 1 unspecified atom stereocenters. The van der Waals surface area contributed by atoms with E-state index >= 15 is 0 Å². The zero-order valence-corrected chi connectivity index (χ0v) is 10.8. The summed E-state index contributed by atoms with van der Waals surface area (Å²) in [4.78, 5) is 11.4. The Kier molecular flexibility index (Phi) is 4.22. The summed E-state index contributed by atoms with van der Waals surface area (Å²) in [6, 6.07) is 1.79. The molecule has 5 heteroatoms. The van der Waals surface area contributed by atoms with E-state index in [0.717, 1.165) is 16.5 Å². The van der Waals surface area contributed by atoms with E-state index < -0.39 is 0 Å². The first-order valence-electron chi connectivity index (χ1n) is 4.38. The predicted octanol–water partition coefficient (Wildman–Crippen LogP) is 1.11. The summed E-state index contributed by atoms with van der Waals surface area (Å²) in [6.07, 6.45) is 2.69. The third-order valence-electron chi connectivity index (χ3n) is 2.17. The lowest BCUT2D eigenvalue weighted by Crippen LogP contribution is -2.21. The number of nitrogens with one attached hydrogen (secondary N) is 1. The Labute approximate surface area is 97.2 Å². The van der Waals surface area contributed by atoms with Gasteiger partial charge >= 0.3 is 0 Å². The molecule has 1 rings (SSSR count). The molecule has 1 aromatic heterocycles. The van der Waals surface area contributed by atoms with E-state index in [1.165, 1.54) is 0 Å². The molecule has 14 heavy (non-hydrogen) atoms. The van der Waals surface area contributed by atoms with Crippen LogP contribution in [0, 0.1) is 0 Å². The highest BCUT2D eigenvalue weighted by atomic mass is 79.9. The Hall–Kier alpha value is -0.260. The molecule has 3 nitrogen and oxygen atoms in total. The molecule has 0 amide bonds. The van der Waals surface area contributed by atoms with Crippen LogP contribution in [-0.2, 0) is 19.9 Å². The Morgan fingerprint density at radius 1 is 1.71 bits per heavy atom. The molecule has 0 aliphatic carbocycles. The van der Waals surface area contributed by atoms with Gasteiger partial charge in [0.25, 0.3) is 5.56 Å². The minimum atomic E-state index is 0.00330. The number of pyridine rings is 1. The zero-order chi connectivity index (χ0) is 10.7. The zero-order valence-electron chi connectivity index (χ0n) is 8.17. The summed E-state index contributed by atoms with van der Waals surface area (Å²) in [6.45, 7) is 2.06. The highest BCUT2D eigenvalue weighted by Gasteiger charge is 2.14. The van der Waals surface area contributed by atoms with E-state index in [2.05, 4.69) is 40.4 Å². The third-order valence-corrected chi connectivity index (χ3v) is 3.18. The summed E-state index contributed by atoms with van der Waals surface area (Å²) in [5, 5.41) is 0. The largest absolute Gasteiger partial charge is 0.317 e. The lowest BCUT2D eigenvalue weighted by atomic mass is 10.1. The molecule has 0 spiro atoms. The Balaban J connectivity index is 3.21. The van der Waals surface area contributed by atoms with Crippen molar-refractivity contribution in [3.63, 3.8) is 0 Å². The van der Waals surface area contributed by atoms with Gasteiger partial charge in [-0.3, -0.25) is 4.79 Å². The molecule has 0 aliphatic rings.